The van der Waals surface area contributed by atoms with Crippen LogP contribution in [0, 0.1) is 0 Å². The molecule has 0 saturated heterocycles. The summed E-state index contributed by atoms with van der Waals surface area (Å²) < 4.78 is 10.1. The van der Waals surface area contributed by atoms with Gasteiger partial charge in [-0.05, 0) is 6.08 Å². The average Bonchev–Trinajstić information content (AvgIpc) is 2.33. The number of carbonyl (C=O) groups is 1. The minimum atomic E-state index is -1.39. The molecule has 0 fully saturated rings. The van der Waals surface area contributed by atoms with E-state index in [1.165, 1.54) is 20.3 Å². The second-order valence-electron chi connectivity index (χ2n) is 2.98. The number of rotatable bonds is 5. The number of Topliss-reactive ketones (excluding diaryl/α,β-unsaturated/α-hetero) is 1. The van der Waals surface area contributed by atoms with Gasteiger partial charge in [0.2, 0.25) is 5.78 Å². The van der Waals surface area contributed by atoms with Gasteiger partial charge in [-0.25, -0.2) is 0 Å². The average molecular weight is 206 g/mol. The maximum absolute atomic E-state index is 12.0. The van der Waals surface area contributed by atoms with Crippen LogP contribution in [0.15, 0.2) is 43.0 Å². The molecular formula is C12H14O3. The van der Waals surface area contributed by atoms with E-state index < -0.39 is 5.79 Å². The van der Waals surface area contributed by atoms with Crippen molar-refractivity contribution in [1.82, 2.24) is 0 Å². The summed E-state index contributed by atoms with van der Waals surface area (Å²) in [6, 6.07) is 8.82. The molecule has 1 rings (SSSR count). The Morgan fingerprint density at radius 1 is 1.27 bits per heavy atom. The molecular weight excluding hydrogens is 192 g/mol. The van der Waals surface area contributed by atoms with Crippen molar-refractivity contribution in [2.45, 2.75) is 5.79 Å². The van der Waals surface area contributed by atoms with E-state index in [1.807, 2.05) is 6.07 Å². The highest BCUT2D eigenvalue weighted by molar-refractivity contribution is 6.02. The van der Waals surface area contributed by atoms with E-state index in [1.54, 1.807) is 24.3 Å². The number of ether oxygens (including phenoxy) is 2. The lowest BCUT2D eigenvalue weighted by Gasteiger charge is -2.25. The quantitative estimate of drug-likeness (QED) is 0.420. The van der Waals surface area contributed by atoms with Gasteiger partial charge in [-0.3, -0.25) is 4.79 Å². The molecule has 0 N–H and O–H groups in total. The Morgan fingerprint density at radius 2 is 1.80 bits per heavy atom. The Morgan fingerprint density at radius 3 is 2.20 bits per heavy atom. The predicted octanol–water partition coefficient (Wildman–Crippen LogP) is 2.04. The van der Waals surface area contributed by atoms with Crippen LogP contribution < -0.4 is 0 Å². The third-order valence-corrected chi connectivity index (χ3v) is 2.23. The first-order valence-electron chi connectivity index (χ1n) is 4.54. The second kappa shape index (κ2) is 4.87. The number of hydrogen-bond acceptors (Lipinski definition) is 3. The molecule has 80 valence electrons. The van der Waals surface area contributed by atoms with E-state index in [2.05, 4.69) is 6.58 Å². The van der Waals surface area contributed by atoms with Crippen molar-refractivity contribution in [3.05, 3.63) is 48.6 Å². The van der Waals surface area contributed by atoms with Crippen molar-refractivity contribution >= 4 is 5.78 Å². The van der Waals surface area contributed by atoms with Crippen LogP contribution in [0.4, 0.5) is 0 Å². The van der Waals surface area contributed by atoms with E-state index in [9.17, 15) is 4.79 Å². The first-order valence-corrected chi connectivity index (χ1v) is 4.54. The molecule has 0 spiro atoms. The van der Waals surface area contributed by atoms with Crippen LogP contribution in [0.2, 0.25) is 0 Å². The molecule has 0 saturated carbocycles. The molecule has 15 heavy (non-hydrogen) atoms. The Labute approximate surface area is 89.3 Å². The molecule has 0 atom stereocenters. The summed E-state index contributed by atoms with van der Waals surface area (Å²) in [4.78, 5) is 12.0. The Balaban J connectivity index is 3.07. The van der Waals surface area contributed by atoms with Gasteiger partial charge < -0.3 is 9.47 Å². The zero-order valence-corrected chi connectivity index (χ0v) is 8.90. The van der Waals surface area contributed by atoms with Gasteiger partial charge in [-0.1, -0.05) is 36.9 Å². The normalized spacial score (nSPS) is 11.1. The minimum absolute atomic E-state index is 0.261. The molecule has 0 aromatic heterocycles. The van der Waals surface area contributed by atoms with E-state index in [0.29, 0.717) is 5.56 Å². The van der Waals surface area contributed by atoms with Crippen LogP contribution in [0.1, 0.15) is 10.4 Å². The van der Waals surface area contributed by atoms with E-state index in [-0.39, 0.29) is 5.78 Å². The van der Waals surface area contributed by atoms with Crippen LogP contribution in [0.5, 0.6) is 0 Å². The first-order chi connectivity index (χ1) is 7.20. The van der Waals surface area contributed by atoms with E-state index >= 15 is 0 Å². The molecule has 1 aromatic carbocycles. The van der Waals surface area contributed by atoms with Gasteiger partial charge in [0.1, 0.15) is 0 Å². The number of hydrogen-bond donors (Lipinski definition) is 0. The molecule has 0 aliphatic carbocycles. The number of methoxy groups -OCH3 is 2. The first kappa shape index (κ1) is 11.6. The topological polar surface area (TPSA) is 35.5 Å². The van der Waals surface area contributed by atoms with Gasteiger partial charge in [-0.15, -0.1) is 0 Å². The lowest BCUT2D eigenvalue weighted by Crippen LogP contribution is -2.40. The molecule has 0 aliphatic rings. The van der Waals surface area contributed by atoms with Gasteiger partial charge >= 0.3 is 0 Å². The molecule has 0 aliphatic heterocycles. The standard InChI is InChI=1S/C12H14O3/c1-4-12(14-2,15-3)11(13)10-8-6-5-7-9-10/h4-9H,1H2,2-3H3. The molecule has 3 heteroatoms. The fourth-order valence-corrected chi connectivity index (χ4v) is 1.32. The Kier molecular flexibility index (Phi) is 3.77. The third kappa shape index (κ3) is 2.14. The molecule has 0 radical (unpaired) electrons. The van der Waals surface area contributed by atoms with Crippen LogP contribution in [0.25, 0.3) is 0 Å². The highest BCUT2D eigenvalue weighted by atomic mass is 16.7. The molecule has 0 unspecified atom stereocenters. The van der Waals surface area contributed by atoms with Crippen molar-refractivity contribution in [2.75, 3.05) is 14.2 Å². The van der Waals surface area contributed by atoms with Gasteiger partial charge in [-0.2, -0.15) is 0 Å². The van der Waals surface area contributed by atoms with Gasteiger partial charge in [0.05, 0.1) is 0 Å². The van der Waals surface area contributed by atoms with Crippen LogP contribution in [-0.4, -0.2) is 25.8 Å². The highest BCUT2D eigenvalue weighted by Gasteiger charge is 2.35. The number of carbonyl (C=O) groups excluding carboxylic acids is 1. The Bertz CT molecular complexity index is 339. The monoisotopic (exact) mass is 206 g/mol. The summed E-state index contributed by atoms with van der Waals surface area (Å²) in [5.41, 5.74) is 0.529. The van der Waals surface area contributed by atoms with E-state index in [0.717, 1.165) is 0 Å². The fraction of sp³-hybridized carbons (Fsp3) is 0.250. The highest BCUT2D eigenvalue weighted by Crippen LogP contribution is 2.19. The van der Waals surface area contributed by atoms with Gasteiger partial charge in [0.15, 0.2) is 0 Å². The van der Waals surface area contributed by atoms with Crippen molar-refractivity contribution in [2.24, 2.45) is 0 Å². The van der Waals surface area contributed by atoms with Crippen LogP contribution >= 0.6 is 0 Å². The summed E-state index contributed by atoms with van der Waals surface area (Å²) in [5.74, 6) is -1.65. The van der Waals surface area contributed by atoms with Crippen molar-refractivity contribution < 1.29 is 14.3 Å². The maximum atomic E-state index is 12.0. The lowest BCUT2D eigenvalue weighted by molar-refractivity contribution is -0.134. The van der Waals surface area contributed by atoms with E-state index in [4.69, 9.17) is 9.47 Å². The largest absolute Gasteiger partial charge is 0.344 e. The lowest BCUT2D eigenvalue weighted by atomic mass is 10.0. The molecule has 1 aromatic rings. The van der Waals surface area contributed by atoms with Crippen LogP contribution in [0.3, 0.4) is 0 Å². The molecule has 0 heterocycles. The summed E-state index contributed by atoms with van der Waals surface area (Å²) in [6.07, 6.45) is 1.35. The van der Waals surface area contributed by atoms with Crippen LogP contribution in [-0.2, 0) is 9.47 Å². The molecule has 3 nitrogen and oxygen atoms in total. The summed E-state index contributed by atoms with van der Waals surface area (Å²) in [5, 5.41) is 0. The fourth-order valence-electron chi connectivity index (χ4n) is 1.32. The summed E-state index contributed by atoms with van der Waals surface area (Å²) in [7, 11) is 2.82. The SMILES string of the molecule is C=CC(OC)(OC)C(=O)c1ccccc1. The molecule has 0 bridgehead atoms. The number of benzene rings is 1. The predicted molar refractivity (Wildman–Crippen MR) is 57.7 cm³/mol. The summed E-state index contributed by atoms with van der Waals surface area (Å²) in [6.45, 7) is 3.55. The minimum Gasteiger partial charge on any atom is -0.344 e. The maximum Gasteiger partial charge on any atom is 0.253 e. The third-order valence-electron chi connectivity index (χ3n) is 2.23. The van der Waals surface area contributed by atoms with Crippen molar-refractivity contribution in [3.8, 4) is 0 Å². The Hall–Kier alpha value is -1.45. The van der Waals surface area contributed by atoms with Gasteiger partial charge in [0.25, 0.3) is 5.79 Å². The number of ketones is 1. The van der Waals surface area contributed by atoms with Gasteiger partial charge in [0, 0.05) is 19.8 Å². The summed E-state index contributed by atoms with van der Waals surface area (Å²) >= 11 is 0. The van der Waals surface area contributed by atoms with Crippen molar-refractivity contribution in [1.29, 1.82) is 0 Å². The zero-order valence-electron chi connectivity index (χ0n) is 8.90. The second-order valence-corrected chi connectivity index (χ2v) is 2.98. The smallest absolute Gasteiger partial charge is 0.253 e. The zero-order chi connectivity index (χ0) is 11.3. The van der Waals surface area contributed by atoms with Crippen molar-refractivity contribution in [3.63, 3.8) is 0 Å². The molecule has 0 amide bonds.